The molecule has 0 aromatic heterocycles. The summed E-state index contributed by atoms with van der Waals surface area (Å²) in [6.07, 6.45) is -0.248. The zero-order valence-corrected chi connectivity index (χ0v) is 10.9. The molecule has 0 radical (unpaired) electrons. The monoisotopic (exact) mass is 236 g/mol. The van der Waals surface area contributed by atoms with Crippen LogP contribution in [0.2, 0.25) is 0 Å². The van der Waals surface area contributed by atoms with E-state index in [0.717, 1.165) is 0 Å². The summed E-state index contributed by atoms with van der Waals surface area (Å²) in [4.78, 5) is 11.7. The molecule has 0 saturated heterocycles. The number of rotatable bonds is 4. The minimum atomic E-state index is -0.310. The fraction of sp³-hybridized carbons (Fsp3) is 0.500. The third-order valence-corrected chi connectivity index (χ3v) is 2.07. The summed E-state index contributed by atoms with van der Waals surface area (Å²) in [6.45, 7) is 8.14. The van der Waals surface area contributed by atoms with Crippen LogP contribution in [0.1, 0.15) is 38.1 Å². The van der Waals surface area contributed by atoms with Crippen molar-refractivity contribution < 1.29 is 14.3 Å². The molecular weight excluding hydrogens is 216 g/mol. The molecule has 3 nitrogen and oxygen atoms in total. The maximum Gasteiger partial charge on any atom is 0.338 e. The van der Waals surface area contributed by atoms with E-state index in [1.807, 2.05) is 45.9 Å². The molecule has 1 atom stereocenters. The molecule has 0 aliphatic carbocycles. The van der Waals surface area contributed by atoms with Gasteiger partial charge in [-0.25, -0.2) is 4.79 Å². The smallest absolute Gasteiger partial charge is 0.338 e. The molecule has 0 N–H and O–H groups in total. The molecule has 0 heterocycles. The lowest BCUT2D eigenvalue weighted by molar-refractivity contribution is -0.0531. The number of hydrogen-bond donors (Lipinski definition) is 0. The molecule has 1 aromatic carbocycles. The zero-order chi connectivity index (χ0) is 12.9. The Kier molecular flexibility index (Phi) is 4.70. The van der Waals surface area contributed by atoms with E-state index in [1.54, 1.807) is 12.1 Å². The van der Waals surface area contributed by atoms with Crippen LogP contribution in [0.5, 0.6) is 0 Å². The van der Waals surface area contributed by atoms with Crippen LogP contribution in [0.3, 0.4) is 0 Å². The summed E-state index contributed by atoms with van der Waals surface area (Å²) in [5.74, 6) is -0.310. The van der Waals surface area contributed by atoms with Gasteiger partial charge in [0.2, 0.25) is 0 Å². The van der Waals surface area contributed by atoms with Gasteiger partial charge in [0, 0.05) is 0 Å². The van der Waals surface area contributed by atoms with Crippen LogP contribution >= 0.6 is 0 Å². The number of esters is 1. The third-order valence-electron chi connectivity index (χ3n) is 2.07. The van der Waals surface area contributed by atoms with Crippen molar-refractivity contribution in [3.05, 3.63) is 35.9 Å². The Labute approximate surface area is 103 Å². The average molecular weight is 236 g/mol. The van der Waals surface area contributed by atoms with E-state index < -0.39 is 0 Å². The maximum atomic E-state index is 11.7. The largest absolute Gasteiger partial charge is 0.457 e. The van der Waals surface area contributed by atoms with Crippen molar-refractivity contribution in [2.45, 2.75) is 39.4 Å². The van der Waals surface area contributed by atoms with Gasteiger partial charge in [-0.05, 0) is 39.8 Å². The molecule has 0 saturated carbocycles. The van der Waals surface area contributed by atoms with E-state index in [0.29, 0.717) is 12.2 Å². The Morgan fingerprint density at radius 2 is 1.82 bits per heavy atom. The van der Waals surface area contributed by atoms with Crippen molar-refractivity contribution in [2.75, 3.05) is 6.61 Å². The second-order valence-electron chi connectivity index (χ2n) is 5.01. The molecule has 1 aromatic rings. The SMILES string of the molecule is CC(COC(C)(C)C)OC(=O)c1ccccc1. The van der Waals surface area contributed by atoms with Crippen molar-refractivity contribution in [2.24, 2.45) is 0 Å². The molecule has 0 aliphatic heterocycles. The Bertz CT molecular complexity index is 351. The van der Waals surface area contributed by atoms with Gasteiger partial charge in [0.25, 0.3) is 0 Å². The predicted molar refractivity (Wildman–Crippen MR) is 67.0 cm³/mol. The zero-order valence-electron chi connectivity index (χ0n) is 10.9. The van der Waals surface area contributed by atoms with Gasteiger partial charge in [0.1, 0.15) is 6.10 Å². The van der Waals surface area contributed by atoms with Gasteiger partial charge in [-0.3, -0.25) is 0 Å². The van der Waals surface area contributed by atoms with E-state index in [-0.39, 0.29) is 17.7 Å². The number of benzene rings is 1. The summed E-state index contributed by atoms with van der Waals surface area (Å²) in [6, 6.07) is 8.96. The quantitative estimate of drug-likeness (QED) is 0.754. The Balaban J connectivity index is 2.42. The summed E-state index contributed by atoms with van der Waals surface area (Å²) in [7, 11) is 0. The summed E-state index contributed by atoms with van der Waals surface area (Å²) in [5, 5.41) is 0. The molecule has 1 unspecified atom stereocenters. The first-order valence-corrected chi connectivity index (χ1v) is 5.78. The molecule has 1 rings (SSSR count). The molecule has 0 bridgehead atoms. The van der Waals surface area contributed by atoms with Gasteiger partial charge in [0.15, 0.2) is 0 Å². The molecule has 0 spiro atoms. The Morgan fingerprint density at radius 1 is 1.24 bits per heavy atom. The average Bonchev–Trinajstić information content (AvgIpc) is 2.27. The highest BCUT2D eigenvalue weighted by Crippen LogP contribution is 2.09. The summed E-state index contributed by atoms with van der Waals surface area (Å²) in [5.41, 5.74) is 0.350. The number of carbonyl (C=O) groups excluding carboxylic acids is 1. The lowest BCUT2D eigenvalue weighted by Crippen LogP contribution is -2.27. The topological polar surface area (TPSA) is 35.5 Å². The number of carbonyl (C=O) groups is 1. The van der Waals surface area contributed by atoms with Crippen molar-refractivity contribution >= 4 is 5.97 Å². The molecule has 0 fully saturated rings. The van der Waals surface area contributed by atoms with Crippen LogP contribution in [0.4, 0.5) is 0 Å². The van der Waals surface area contributed by atoms with Crippen molar-refractivity contribution in [1.82, 2.24) is 0 Å². The van der Waals surface area contributed by atoms with Crippen molar-refractivity contribution in [3.63, 3.8) is 0 Å². The molecule has 94 valence electrons. The van der Waals surface area contributed by atoms with Crippen LogP contribution < -0.4 is 0 Å². The van der Waals surface area contributed by atoms with Crippen molar-refractivity contribution in [1.29, 1.82) is 0 Å². The molecule has 0 aliphatic rings. The molecule has 17 heavy (non-hydrogen) atoms. The van der Waals surface area contributed by atoms with Gasteiger partial charge in [-0.15, -0.1) is 0 Å². The van der Waals surface area contributed by atoms with Crippen molar-refractivity contribution in [3.8, 4) is 0 Å². The molecule has 0 amide bonds. The van der Waals surface area contributed by atoms with E-state index in [9.17, 15) is 4.79 Å². The second kappa shape index (κ2) is 5.82. The lowest BCUT2D eigenvalue weighted by Gasteiger charge is -2.22. The van der Waals surface area contributed by atoms with Crippen LogP contribution in [0, 0.1) is 0 Å². The maximum absolute atomic E-state index is 11.7. The van der Waals surface area contributed by atoms with Gasteiger partial charge < -0.3 is 9.47 Å². The minimum Gasteiger partial charge on any atom is -0.457 e. The Hall–Kier alpha value is -1.35. The van der Waals surface area contributed by atoms with Crippen LogP contribution in [0.25, 0.3) is 0 Å². The first kappa shape index (κ1) is 13.7. The van der Waals surface area contributed by atoms with Gasteiger partial charge >= 0.3 is 5.97 Å². The second-order valence-corrected chi connectivity index (χ2v) is 5.01. The van der Waals surface area contributed by atoms with E-state index in [4.69, 9.17) is 9.47 Å². The number of hydrogen-bond acceptors (Lipinski definition) is 3. The number of ether oxygens (including phenoxy) is 2. The predicted octanol–water partition coefficient (Wildman–Crippen LogP) is 3.05. The molecular formula is C14H20O3. The highest BCUT2D eigenvalue weighted by molar-refractivity contribution is 5.89. The lowest BCUT2D eigenvalue weighted by atomic mass is 10.2. The van der Waals surface area contributed by atoms with Gasteiger partial charge in [0.05, 0.1) is 17.8 Å². The van der Waals surface area contributed by atoms with Crippen LogP contribution in [-0.4, -0.2) is 24.3 Å². The molecule has 3 heteroatoms. The highest BCUT2D eigenvalue weighted by atomic mass is 16.6. The van der Waals surface area contributed by atoms with Crippen LogP contribution in [-0.2, 0) is 9.47 Å². The fourth-order valence-corrected chi connectivity index (χ4v) is 1.23. The minimum absolute atomic E-state index is 0.215. The first-order valence-electron chi connectivity index (χ1n) is 5.78. The summed E-state index contributed by atoms with van der Waals surface area (Å²) < 4.78 is 10.8. The Morgan fingerprint density at radius 3 is 2.35 bits per heavy atom. The van der Waals surface area contributed by atoms with E-state index in [2.05, 4.69) is 0 Å². The van der Waals surface area contributed by atoms with E-state index in [1.165, 1.54) is 0 Å². The fourth-order valence-electron chi connectivity index (χ4n) is 1.23. The van der Waals surface area contributed by atoms with Crippen LogP contribution in [0.15, 0.2) is 30.3 Å². The first-order chi connectivity index (χ1) is 7.88. The normalized spacial score (nSPS) is 13.2. The van der Waals surface area contributed by atoms with Gasteiger partial charge in [-0.1, -0.05) is 18.2 Å². The van der Waals surface area contributed by atoms with Gasteiger partial charge in [-0.2, -0.15) is 0 Å². The standard InChI is InChI=1S/C14H20O3/c1-11(10-16-14(2,3)4)17-13(15)12-8-6-5-7-9-12/h5-9,11H,10H2,1-4H3. The highest BCUT2D eigenvalue weighted by Gasteiger charge is 2.16. The van der Waals surface area contributed by atoms with E-state index >= 15 is 0 Å². The third kappa shape index (κ3) is 5.50. The summed E-state index contributed by atoms with van der Waals surface area (Å²) >= 11 is 0.